The van der Waals surface area contributed by atoms with Crippen molar-refractivity contribution >= 4 is 5.78 Å². The molecular formula is C9H13O. The van der Waals surface area contributed by atoms with Crippen LogP contribution in [-0.2, 0) is 4.79 Å². The third-order valence-electron chi connectivity index (χ3n) is 0.985. The molecule has 0 aromatic carbocycles. The first-order valence-corrected chi connectivity index (χ1v) is 3.46. The zero-order chi connectivity index (χ0) is 7.82. The van der Waals surface area contributed by atoms with Gasteiger partial charge in [-0.3, -0.25) is 4.79 Å². The molecule has 0 saturated carbocycles. The molecule has 0 heterocycles. The van der Waals surface area contributed by atoms with Crippen LogP contribution in [0.25, 0.3) is 0 Å². The van der Waals surface area contributed by atoms with E-state index in [9.17, 15) is 4.79 Å². The van der Waals surface area contributed by atoms with E-state index in [1.165, 1.54) is 6.08 Å². The van der Waals surface area contributed by atoms with Crippen LogP contribution in [0.5, 0.6) is 0 Å². The normalized spacial score (nSPS) is 11.4. The number of carbonyl (C=O) groups is 1. The lowest BCUT2D eigenvalue weighted by atomic mass is 10.3. The van der Waals surface area contributed by atoms with Gasteiger partial charge in [-0.15, -0.1) is 0 Å². The van der Waals surface area contributed by atoms with Gasteiger partial charge in [-0.05, 0) is 12.5 Å². The van der Waals surface area contributed by atoms with E-state index in [0.29, 0.717) is 0 Å². The van der Waals surface area contributed by atoms with Crippen molar-refractivity contribution in [3.8, 4) is 0 Å². The Morgan fingerprint density at radius 3 is 2.70 bits per heavy atom. The topological polar surface area (TPSA) is 17.1 Å². The second-order valence-electron chi connectivity index (χ2n) is 2.04. The van der Waals surface area contributed by atoms with Gasteiger partial charge >= 0.3 is 0 Å². The van der Waals surface area contributed by atoms with Crippen LogP contribution in [0.1, 0.15) is 19.8 Å². The van der Waals surface area contributed by atoms with Gasteiger partial charge in [0.2, 0.25) is 0 Å². The monoisotopic (exact) mass is 137 g/mol. The van der Waals surface area contributed by atoms with Crippen molar-refractivity contribution in [1.29, 1.82) is 0 Å². The molecule has 1 heteroatoms. The smallest absolute Gasteiger partial charge is 0.156 e. The first-order valence-electron chi connectivity index (χ1n) is 3.46. The molecule has 0 amide bonds. The van der Waals surface area contributed by atoms with Crippen LogP contribution in [0, 0.1) is 6.92 Å². The van der Waals surface area contributed by atoms with E-state index < -0.39 is 0 Å². The Labute approximate surface area is 62.4 Å². The van der Waals surface area contributed by atoms with E-state index in [1.807, 2.05) is 12.2 Å². The van der Waals surface area contributed by atoms with Crippen LogP contribution in [0.4, 0.5) is 0 Å². The first-order chi connectivity index (χ1) is 4.77. The van der Waals surface area contributed by atoms with Crippen LogP contribution >= 0.6 is 0 Å². The number of hydrogen-bond donors (Lipinski definition) is 0. The average molecular weight is 137 g/mol. The molecule has 0 rings (SSSR count). The third-order valence-corrected chi connectivity index (χ3v) is 0.985. The van der Waals surface area contributed by atoms with E-state index >= 15 is 0 Å². The van der Waals surface area contributed by atoms with Crippen molar-refractivity contribution < 1.29 is 4.79 Å². The van der Waals surface area contributed by atoms with Crippen molar-refractivity contribution in [3.05, 3.63) is 31.2 Å². The van der Waals surface area contributed by atoms with Crippen molar-refractivity contribution in [2.75, 3.05) is 0 Å². The summed E-state index contributed by atoms with van der Waals surface area (Å²) in [6.07, 6.45) is 9.27. The summed E-state index contributed by atoms with van der Waals surface area (Å²) in [5.74, 6) is -0.152. The molecule has 0 bridgehead atoms. The maximum absolute atomic E-state index is 10.2. The van der Waals surface area contributed by atoms with E-state index in [-0.39, 0.29) is 5.78 Å². The molecule has 0 aliphatic carbocycles. The molecule has 0 aromatic rings. The summed E-state index contributed by atoms with van der Waals surface area (Å²) in [5, 5.41) is 0. The lowest BCUT2D eigenvalue weighted by Crippen LogP contribution is -1.78. The van der Waals surface area contributed by atoms with Gasteiger partial charge in [0.25, 0.3) is 0 Å². The summed E-state index contributed by atoms with van der Waals surface area (Å²) < 4.78 is 0. The molecule has 0 fully saturated rings. The molecule has 55 valence electrons. The van der Waals surface area contributed by atoms with Crippen LogP contribution in [-0.4, -0.2) is 5.78 Å². The minimum absolute atomic E-state index is 0.152. The zero-order valence-corrected chi connectivity index (χ0v) is 6.34. The largest absolute Gasteiger partial charge is 0.295 e. The molecular weight excluding hydrogens is 124 g/mol. The van der Waals surface area contributed by atoms with E-state index in [2.05, 4.69) is 13.8 Å². The highest BCUT2D eigenvalue weighted by Gasteiger charge is 1.76. The van der Waals surface area contributed by atoms with Crippen molar-refractivity contribution in [1.82, 2.24) is 0 Å². The molecule has 1 radical (unpaired) electrons. The Morgan fingerprint density at radius 1 is 1.50 bits per heavy atom. The first kappa shape index (κ1) is 9.15. The molecule has 0 aliphatic rings. The lowest BCUT2D eigenvalue weighted by Gasteiger charge is -1.79. The van der Waals surface area contributed by atoms with Gasteiger partial charge in [-0.1, -0.05) is 31.6 Å². The molecule has 0 N–H and O–H groups in total. The molecule has 1 nitrogen and oxygen atoms in total. The summed E-state index contributed by atoms with van der Waals surface area (Å²) in [5.41, 5.74) is 0. The highest BCUT2D eigenvalue weighted by molar-refractivity contribution is 5.93. The second-order valence-corrected chi connectivity index (χ2v) is 2.04. The van der Waals surface area contributed by atoms with E-state index in [4.69, 9.17) is 0 Å². The summed E-state index contributed by atoms with van der Waals surface area (Å²) in [6.45, 7) is 5.31. The summed E-state index contributed by atoms with van der Waals surface area (Å²) >= 11 is 0. The molecule has 0 atom stereocenters. The number of rotatable bonds is 4. The van der Waals surface area contributed by atoms with Gasteiger partial charge in [0, 0.05) is 6.92 Å². The quantitative estimate of drug-likeness (QED) is 0.429. The van der Waals surface area contributed by atoms with Gasteiger partial charge in [-0.25, -0.2) is 0 Å². The number of allylic oxidation sites excluding steroid dienone is 4. The Kier molecular flexibility index (Phi) is 5.74. The maximum Gasteiger partial charge on any atom is 0.156 e. The average Bonchev–Trinajstić information content (AvgIpc) is 1.87. The highest BCUT2D eigenvalue weighted by Crippen LogP contribution is 1.88. The Bertz CT molecular complexity index is 143. The van der Waals surface area contributed by atoms with Crippen LogP contribution in [0.15, 0.2) is 24.3 Å². The second kappa shape index (κ2) is 6.27. The predicted octanol–water partition coefficient (Wildman–Crippen LogP) is 2.30. The SMILES string of the molecule is [CH2]C(=O)/C=C/C=C/CCC. The van der Waals surface area contributed by atoms with Gasteiger partial charge in [0.15, 0.2) is 5.78 Å². The van der Waals surface area contributed by atoms with Gasteiger partial charge in [-0.2, -0.15) is 0 Å². The number of ketones is 1. The van der Waals surface area contributed by atoms with Gasteiger partial charge in [0.1, 0.15) is 0 Å². The molecule has 10 heavy (non-hydrogen) atoms. The summed E-state index contributed by atoms with van der Waals surface area (Å²) in [7, 11) is 0. The van der Waals surface area contributed by atoms with Crippen molar-refractivity contribution in [2.24, 2.45) is 0 Å². The van der Waals surface area contributed by atoms with Crippen molar-refractivity contribution in [2.45, 2.75) is 19.8 Å². The minimum Gasteiger partial charge on any atom is -0.295 e. The van der Waals surface area contributed by atoms with Gasteiger partial charge < -0.3 is 0 Å². The van der Waals surface area contributed by atoms with Crippen molar-refractivity contribution in [3.63, 3.8) is 0 Å². The Morgan fingerprint density at radius 2 is 2.20 bits per heavy atom. The van der Waals surface area contributed by atoms with Gasteiger partial charge in [0.05, 0.1) is 0 Å². The minimum atomic E-state index is -0.152. The number of hydrogen-bond acceptors (Lipinski definition) is 1. The summed E-state index contributed by atoms with van der Waals surface area (Å²) in [4.78, 5) is 10.2. The van der Waals surface area contributed by atoms with E-state index in [1.54, 1.807) is 6.08 Å². The number of unbranched alkanes of at least 4 members (excludes halogenated alkanes) is 1. The molecule has 0 saturated heterocycles. The Hall–Kier alpha value is -0.850. The molecule has 0 aromatic heterocycles. The van der Waals surface area contributed by atoms with E-state index in [0.717, 1.165) is 12.8 Å². The standard InChI is InChI=1S/C9H13O/c1-3-4-5-6-7-8-9(2)10/h5-8H,2-4H2,1H3/b6-5+,8-7+. The van der Waals surface area contributed by atoms with Crippen LogP contribution < -0.4 is 0 Å². The van der Waals surface area contributed by atoms with Crippen LogP contribution in [0.3, 0.4) is 0 Å². The number of carbonyl (C=O) groups excluding carboxylic acids is 1. The van der Waals surface area contributed by atoms with Crippen LogP contribution in [0.2, 0.25) is 0 Å². The fourth-order valence-electron chi connectivity index (χ4n) is 0.504. The summed E-state index contributed by atoms with van der Waals surface area (Å²) in [6, 6.07) is 0. The highest BCUT2D eigenvalue weighted by atomic mass is 16.1. The fraction of sp³-hybridized carbons (Fsp3) is 0.333. The zero-order valence-electron chi connectivity index (χ0n) is 6.34. The lowest BCUT2D eigenvalue weighted by molar-refractivity contribution is -0.110. The molecule has 0 spiro atoms. The molecule has 0 aliphatic heterocycles. The Balaban J connectivity index is 3.42. The fourth-order valence-corrected chi connectivity index (χ4v) is 0.504. The molecule has 0 unspecified atom stereocenters. The maximum atomic E-state index is 10.2. The third kappa shape index (κ3) is 7.15. The predicted molar refractivity (Wildman–Crippen MR) is 43.6 cm³/mol.